The van der Waals surface area contributed by atoms with Gasteiger partial charge in [-0.25, -0.2) is 0 Å². The zero-order chi connectivity index (χ0) is 4.00. The van der Waals surface area contributed by atoms with E-state index in [0.717, 1.165) is 0 Å². The van der Waals surface area contributed by atoms with E-state index in [9.17, 15) is 0 Å². The normalized spacial score (nSPS) is 2.25. The van der Waals surface area contributed by atoms with E-state index < -0.39 is 0 Å². The molecule has 4 heavy (non-hydrogen) atoms. The molecule has 0 amide bonds. The van der Waals surface area contributed by atoms with Gasteiger partial charge in [0.25, 0.3) is 0 Å². The molecule has 0 fully saturated rings. The van der Waals surface area contributed by atoms with Crippen LogP contribution in [0.15, 0.2) is 0 Å². The van der Waals surface area contributed by atoms with Crippen LogP contribution in [0.4, 0.5) is 0 Å². The average Bonchev–Trinajstić information content (AvgIpc) is 1.50. The molecule has 0 bridgehead atoms. The van der Waals surface area contributed by atoms with Gasteiger partial charge in [-0.15, -0.1) is 0 Å². The fraction of sp³-hybridized carbons (Fsp3) is 0. The van der Waals surface area contributed by atoms with Crippen molar-refractivity contribution in [1.82, 2.24) is 0 Å². The van der Waals surface area contributed by atoms with Gasteiger partial charge in [-0.3, -0.25) is 0 Å². The van der Waals surface area contributed by atoms with Crippen LogP contribution in [0.2, 0.25) is 0 Å². The van der Waals surface area contributed by atoms with Crippen LogP contribution in [-0.2, 0) is 37.8 Å². The van der Waals surface area contributed by atoms with Gasteiger partial charge in [0.2, 0.25) is 0 Å². The van der Waals surface area contributed by atoms with Crippen LogP contribution in [0.1, 0.15) is 0 Å². The van der Waals surface area contributed by atoms with Gasteiger partial charge in [-0.2, -0.15) is 0 Å². The molecule has 0 spiro atoms. The zero-order valence-corrected chi connectivity index (χ0v) is 5.51. The molecule has 4 heteroatoms. The maximum atomic E-state index is 8.00. The van der Waals surface area contributed by atoms with E-state index in [2.05, 4.69) is 9.82 Å². The van der Waals surface area contributed by atoms with E-state index in [-0.39, 0.29) is 0 Å². The van der Waals surface area contributed by atoms with E-state index in [4.69, 9.17) is 3.83 Å². The molecule has 0 unspecified atom stereocenters. The van der Waals surface area contributed by atoms with Crippen LogP contribution in [0, 0.1) is 0 Å². The fourth-order valence-corrected chi connectivity index (χ4v) is 0. The van der Waals surface area contributed by atoms with Crippen molar-refractivity contribution in [3.8, 4) is 0 Å². The molecule has 0 aromatic heterocycles. The van der Waals surface area contributed by atoms with Crippen molar-refractivity contribution in [2.45, 2.75) is 0 Å². The summed E-state index contributed by atoms with van der Waals surface area (Å²) in [4.78, 5) is 0. The molecule has 0 radical (unpaired) electrons. The SMILES string of the molecule is [O]=[Fe].[S]=[Mo]. The first-order valence-electron chi connectivity index (χ1n) is 0.311. The summed E-state index contributed by atoms with van der Waals surface area (Å²) in [5, 5.41) is 0. The van der Waals surface area contributed by atoms with Gasteiger partial charge in [0.05, 0.1) is 0 Å². The second-order valence-electron chi connectivity index (χ2n) is 0. The number of hydrogen-bond donors (Lipinski definition) is 0. The number of hydrogen-bond acceptors (Lipinski definition) is 2. The average molecular weight is 200 g/mol. The summed E-state index contributed by atoms with van der Waals surface area (Å²) in [5.41, 5.74) is 0. The minimum atomic E-state index is 1.53. The third-order valence-electron chi connectivity index (χ3n) is 0. The van der Waals surface area contributed by atoms with E-state index >= 15 is 0 Å². The zero-order valence-electron chi connectivity index (χ0n) is 1.58. The second-order valence-corrected chi connectivity index (χ2v) is 0. The molecule has 0 aliphatic carbocycles. The van der Waals surface area contributed by atoms with Crippen LogP contribution >= 0.6 is 9.82 Å². The Morgan fingerprint density at radius 1 is 1.50 bits per heavy atom. The van der Waals surface area contributed by atoms with E-state index in [1.165, 1.54) is 18.0 Å². The molecule has 1 nitrogen and oxygen atoms in total. The first-order chi connectivity index (χ1) is 2.00. The van der Waals surface area contributed by atoms with Gasteiger partial charge in [0.1, 0.15) is 0 Å². The topological polar surface area (TPSA) is 17.1 Å². The maximum absolute atomic E-state index is 8.00. The molecule has 0 aromatic carbocycles. The van der Waals surface area contributed by atoms with Gasteiger partial charge in [0.15, 0.2) is 0 Å². The number of rotatable bonds is 0. The van der Waals surface area contributed by atoms with Crippen molar-refractivity contribution in [1.29, 1.82) is 0 Å². The van der Waals surface area contributed by atoms with Crippen molar-refractivity contribution in [3.63, 3.8) is 0 Å². The van der Waals surface area contributed by atoms with Gasteiger partial charge in [-0.1, -0.05) is 0 Å². The third kappa shape index (κ3) is 10.6. The summed E-state index contributed by atoms with van der Waals surface area (Å²) >= 11 is 3.53. The van der Waals surface area contributed by atoms with Gasteiger partial charge in [-0.05, 0) is 0 Å². The van der Waals surface area contributed by atoms with Crippen molar-refractivity contribution in [2.75, 3.05) is 0 Å². The summed E-state index contributed by atoms with van der Waals surface area (Å²) in [6.07, 6.45) is 0. The Balaban J connectivity index is 0. The van der Waals surface area contributed by atoms with Gasteiger partial charge < -0.3 is 0 Å². The minimum absolute atomic E-state index is 1.53. The predicted octanol–water partition coefficient (Wildman–Crippen LogP) is 0.524. The Bertz CT molecular complexity index is 10.0. The summed E-state index contributed by atoms with van der Waals surface area (Å²) in [6, 6.07) is 0. The van der Waals surface area contributed by atoms with Crippen molar-refractivity contribution < 1.29 is 37.8 Å². The first-order valence-corrected chi connectivity index (χ1v) is 3.55. The molecular weight excluding hydrogens is 200 g/mol. The van der Waals surface area contributed by atoms with Crippen LogP contribution in [0.5, 0.6) is 0 Å². The quantitative estimate of drug-likeness (QED) is 0.530. The Morgan fingerprint density at radius 2 is 1.50 bits per heavy atom. The molecule has 0 heterocycles. The Hall–Kier alpha value is 1.23. The van der Waals surface area contributed by atoms with Crippen molar-refractivity contribution >= 4 is 9.82 Å². The molecule has 0 aliphatic rings. The monoisotopic (exact) mass is 202 g/mol. The molecule has 0 aliphatic heterocycles. The molecule has 0 aromatic rings. The predicted molar refractivity (Wildman–Crippen MR) is 8.28 cm³/mol. The molecular formula is FeMoOS. The van der Waals surface area contributed by atoms with Gasteiger partial charge in [0, 0.05) is 0 Å². The summed E-state index contributed by atoms with van der Waals surface area (Å²) in [7, 11) is 4.09. The second kappa shape index (κ2) is 29.2. The third-order valence-corrected chi connectivity index (χ3v) is 0. The summed E-state index contributed by atoms with van der Waals surface area (Å²) in [6.45, 7) is 0. The van der Waals surface area contributed by atoms with E-state index in [1.54, 1.807) is 0 Å². The van der Waals surface area contributed by atoms with Crippen LogP contribution in [-0.4, -0.2) is 0 Å². The van der Waals surface area contributed by atoms with E-state index in [0.29, 0.717) is 0 Å². The Labute approximate surface area is 47.5 Å². The molecule has 0 saturated carbocycles. The van der Waals surface area contributed by atoms with Gasteiger partial charge >= 0.3 is 47.6 Å². The molecule has 0 saturated heterocycles. The van der Waals surface area contributed by atoms with Crippen molar-refractivity contribution in [2.24, 2.45) is 0 Å². The standard InChI is InChI=1S/Fe.Mo.O.S. The fourth-order valence-electron chi connectivity index (χ4n) is 0. The molecule has 26 valence electrons. The van der Waals surface area contributed by atoms with Crippen LogP contribution in [0.25, 0.3) is 0 Å². The summed E-state index contributed by atoms with van der Waals surface area (Å²) in [5.74, 6) is 0. The first kappa shape index (κ1) is 8.97. The van der Waals surface area contributed by atoms with Crippen LogP contribution in [0.3, 0.4) is 0 Å². The van der Waals surface area contributed by atoms with Crippen LogP contribution < -0.4 is 0 Å². The summed E-state index contributed by atoms with van der Waals surface area (Å²) < 4.78 is 8.00. The Kier molecular flexibility index (Phi) is 65.5. The van der Waals surface area contributed by atoms with E-state index in [1.807, 2.05) is 15.9 Å². The Morgan fingerprint density at radius 3 is 1.50 bits per heavy atom. The van der Waals surface area contributed by atoms with Crippen molar-refractivity contribution in [3.05, 3.63) is 0 Å². The molecule has 0 atom stereocenters. The molecule has 0 N–H and O–H groups in total. The molecule has 0 rings (SSSR count).